The lowest BCUT2D eigenvalue weighted by Crippen LogP contribution is -2.15. The van der Waals surface area contributed by atoms with Crippen LogP contribution in [0.3, 0.4) is 0 Å². The molecule has 1 aromatic rings. The predicted octanol–water partition coefficient (Wildman–Crippen LogP) is 4.43. The topological polar surface area (TPSA) is 12.4 Å². The Kier molecular flexibility index (Phi) is 4.48. The molecule has 18 heavy (non-hydrogen) atoms. The molecule has 0 N–H and O–H groups in total. The SMILES string of the molecule is CC/N=C(\C)C(C)c1ccc(F)cc1C(F)(F)F. The van der Waals surface area contributed by atoms with Crippen LogP contribution >= 0.6 is 0 Å². The second kappa shape index (κ2) is 5.50. The van der Waals surface area contributed by atoms with Gasteiger partial charge in [0.2, 0.25) is 0 Å². The first-order valence-electron chi connectivity index (χ1n) is 5.65. The van der Waals surface area contributed by atoms with Crippen LogP contribution in [-0.4, -0.2) is 12.3 Å². The molecule has 0 saturated carbocycles. The molecule has 0 aliphatic heterocycles. The van der Waals surface area contributed by atoms with E-state index in [0.717, 1.165) is 6.07 Å². The highest BCUT2D eigenvalue weighted by Gasteiger charge is 2.35. The molecule has 0 aromatic heterocycles. The second-order valence-corrected chi connectivity index (χ2v) is 4.07. The summed E-state index contributed by atoms with van der Waals surface area (Å²) in [4.78, 5) is 4.10. The van der Waals surface area contributed by atoms with E-state index in [2.05, 4.69) is 4.99 Å². The van der Waals surface area contributed by atoms with E-state index in [1.54, 1.807) is 13.8 Å². The molecule has 1 atom stereocenters. The van der Waals surface area contributed by atoms with Gasteiger partial charge in [-0.1, -0.05) is 13.0 Å². The number of aliphatic imine (C=N–C) groups is 1. The van der Waals surface area contributed by atoms with Gasteiger partial charge in [-0.15, -0.1) is 0 Å². The maximum atomic E-state index is 13.0. The zero-order valence-electron chi connectivity index (χ0n) is 10.5. The van der Waals surface area contributed by atoms with Gasteiger partial charge in [0.1, 0.15) is 5.82 Å². The summed E-state index contributed by atoms with van der Waals surface area (Å²) in [5.74, 6) is -1.37. The number of rotatable bonds is 3. The molecule has 1 aromatic carbocycles. The minimum absolute atomic E-state index is 0.0543. The normalized spacial score (nSPS) is 14.7. The van der Waals surface area contributed by atoms with Gasteiger partial charge in [-0.25, -0.2) is 4.39 Å². The number of hydrogen-bond acceptors (Lipinski definition) is 1. The lowest BCUT2D eigenvalue weighted by Gasteiger charge is -2.18. The van der Waals surface area contributed by atoms with Crippen LogP contribution in [0.25, 0.3) is 0 Å². The van der Waals surface area contributed by atoms with Crippen molar-refractivity contribution in [3.8, 4) is 0 Å². The first-order chi connectivity index (χ1) is 8.27. The fraction of sp³-hybridized carbons (Fsp3) is 0.462. The van der Waals surface area contributed by atoms with Crippen molar-refractivity contribution in [3.05, 3.63) is 35.1 Å². The first kappa shape index (κ1) is 14.7. The van der Waals surface area contributed by atoms with E-state index in [1.165, 1.54) is 6.07 Å². The molecular formula is C13H15F4N. The van der Waals surface area contributed by atoms with E-state index >= 15 is 0 Å². The van der Waals surface area contributed by atoms with Gasteiger partial charge in [0.25, 0.3) is 0 Å². The summed E-state index contributed by atoms with van der Waals surface area (Å²) >= 11 is 0. The maximum absolute atomic E-state index is 13.0. The van der Waals surface area contributed by atoms with Gasteiger partial charge >= 0.3 is 6.18 Å². The molecule has 1 nitrogen and oxygen atoms in total. The van der Waals surface area contributed by atoms with Crippen molar-refractivity contribution >= 4 is 5.71 Å². The summed E-state index contributed by atoms with van der Waals surface area (Å²) in [6.07, 6.45) is -4.56. The van der Waals surface area contributed by atoms with Gasteiger partial charge in [0, 0.05) is 18.2 Å². The van der Waals surface area contributed by atoms with Gasteiger partial charge < -0.3 is 0 Å². The van der Waals surface area contributed by atoms with E-state index in [0.29, 0.717) is 18.3 Å². The number of nitrogens with zero attached hydrogens (tertiary/aromatic N) is 1. The van der Waals surface area contributed by atoms with Crippen LogP contribution in [0.1, 0.15) is 37.8 Å². The lowest BCUT2D eigenvalue weighted by atomic mass is 9.92. The molecule has 0 aliphatic rings. The molecule has 0 spiro atoms. The smallest absolute Gasteiger partial charge is 0.294 e. The average Bonchev–Trinajstić information content (AvgIpc) is 2.27. The van der Waals surface area contributed by atoms with Crippen molar-refractivity contribution in [3.63, 3.8) is 0 Å². The molecule has 1 rings (SSSR count). The Balaban J connectivity index is 3.28. The zero-order valence-corrected chi connectivity index (χ0v) is 10.5. The fourth-order valence-corrected chi connectivity index (χ4v) is 1.76. The minimum atomic E-state index is -4.56. The Morgan fingerprint density at radius 2 is 1.94 bits per heavy atom. The van der Waals surface area contributed by atoms with Crippen molar-refractivity contribution in [2.24, 2.45) is 4.99 Å². The Morgan fingerprint density at radius 1 is 1.33 bits per heavy atom. The van der Waals surface area contributed by atoms with Crippen LogP contribution in [-0.2, 0) is 6.18 Å². The first-order valence-corrected chi connectivity index (χ1v) is 5.65. The van der Waals surface area contributed by atoms with Crippen LogP contribution in [0, 0.1) is 5.82 Å². The number of halogens is 4. The van der Waals surface area contributed by atoms with E-state index in [9.17, 15) is 17.6 Å². The summed E-state index contributed by atoms with van der Waals surface area (Å²) in [6, 6.07) is 2.75. The molecule has 0 saturated heterocycles. The second-order valence-electron chi connectivity index (χ2n) is 4.07. The molecule has 0 amide bonds. The highest BCUT2D eigenvalue weighted by molar-refractivity contribution is 5.88. The number of alkyl halides is 3. The Morgan fingerprint density at radius 3 is 2.44 bits per heavy atom. The quantitative estimate of drug-likeness (QED) is 0.564. The summed E-state index contributed by atoms with van der Waals surface area (Å²) in [7, 11) is 0. The molecular weight excluding hydrogens is 246 g/mol. The third kappa shape index (κ3) is 3.31. The molecule has 0 radical (unpaired) electrons. The molecule has 5 heteroatoms. The van der Waals surface area contributed by atoms with Crippen LogP contribution in [0.5, 0.6) is 0 Å². The van der Waals surface area contributed by atoms with Crippen LogP contribution in [0.4, 0.5) is 17.6 Å². The van der Waals surface area contributed by atoms with Gasteiger partial charge in [-0.2, -0.15) is 13.2 Å². The van der Waals surface area contributed by atoms with Crippen molar-refractivity contribution in [1.82, 2.24) is 0 Å². The molecule has 100 valence electrons. The van der Waals surface area contributed by atoms with Crippen LogP contribution in [0.15, 0.2) is 23.2 Å². The average molecular weight is 261 g/mol. The maximum Gasteiger partial charge on any atom is 0.416 e. The fourth-order valence-electron chi connectivity index (χ4n) is 1.76. The highest BCUT2D eigenvalue weighted by Crippen LogP contribution is 2.36. The van der Waals surface area contributed by atoms with Crippen molar-refractivity contribution in [2.45, 2.75) is 32.9 Å². The van der Waals surface area contributed by atoms with Gasteiger partial charge in [-0.3, -0.25) is 4.99 Å². The monoisotopic (exact) mass is 261 g/mol. The number of hydrogen-bond donors (Lipinski definition) is 0. The third-order valence-corrected chi connectivity index (χ3v) is 2.82. The van der Waals surface area contributed by atoms with Crippen LogP contribution < -0.4 is 0 Å². The van der Waals surface area contributed by atoms with Crippen molar-refractivity contribution in [2.75, 3.05) is 6.54 Å². The van der Waals surface area contributed by atoms with Crippen molar-refractivity contribution in [1.29, 1.82) is 0 Å². The van der Waals surface area contributed by atoms with E-state index in [1.807, 2.05) is 6.92 Å². The minimum Gasteiger partial charge on any atom is -0.294 e. The zero-order chi connectivity index (χ0) is 13.9. The Labute approximate surface area is 104 Å². The van der Waals surface area contributed by atoms with Crippen LogP contribution in [0.2, 0.25) is 0 Å². The van der Waals surface area contributed by atoms with Gasteiger partial charge in [-0.05, 0) is 31.5 Å². The standard InChI is InChI=1S/C13H15F4N/c1-4-18-9(3)8(2)11-6-5-10(14)7-12(11)13(15,16)17/h5-8H,4H2,1-3H3/b18-9+. The summed E-state index contributed by atoms with van der Waals surface area (Å²) < 4.78 is 51.5. The Bertz CT molecular complexity index is 449. The Hall–Kier alpha value is -1.39. The van der Waals surface area contributed by atoms with Gasteiger partial charge in [0.15, 0.2) is 0 Å². The van der Waals surface area contributed by atoms with E-state index < -0.39 is 23.5 Å². The molecule has 0 fully saturated rings. The molecule has 0 heterocycles. The summed E-state index contributed by atoms with van der Waals surface area (Å²) in [5.41, 5.74) is -0.270. The lowest BCUT2D eigenvalue weighted by molar-refractivity contribution is -0.138. The summed E-state index contributed by atoms with van der Waals surface area (Å²) in [6.45, 7) is 5.64. The third-order valence-electron chi connectivity index (χ3n) is 2.82. The van der Waals surface area contributed by atoms with E-state index in [-0.39, 0.29) is 5.56 Å². The highest BCUT2D eigenvalue weighted by atomic mass is 19.4. The predicted molar refractivity (Wildman–Crippen MR) is 63.5 cm³/mol. The van der Waals surface area contributed by atoms with Gasteiger partial charge in [0.05, 0.1) is 5.56 Å². The largest absolute Gasteiger partial charge is 0.416 e. The molecule has 0 bridgehead atoms. The van der Waals surface area contributed by atoms with E-state index in [4.69, 9.17) is 0 Å². The molecule has 1 unspecified atom stereocenters. The number of benzene rings is 1. The summed E-state index contributed by atoms with van der Waals surface area (Å²) in [5, 5.41) is 0. The molecule has 0 aliphatic carbocycles. The van der Waals surface area contributed by atoms with Crippen molar-refractivity contribution < 1.29 is 17.6 Å².